The summed E-state index contributed by atoms with van der Waals surface area (Å²) in [6.45, 7) is 2.50. The number of nitro benzene ring substituents is 1. The molecule has 0 saturated heterocycles. The molecule has 0 aliphatic heterocycles. The van der Waals surface area contributed by atoms with Crippen molar-refractivity contribution < 1.29 is 9.66 Å². The van der Waals surface area contributed by atoms with E-state index in [0.717, 1.165) is 5.56 Å². The summed E-state index contributed by atoms with van der Waals surface area (Å²) in [6, 6.07) is 6.28. The number of hydrogen-bond donors (Lipinski definition) is 0. The van der Waals surface area contributed by atoms with E-state index in [4.69, 9.17) is 4.74 Å². The van der Waals surface area contributed by atoms with Crippen LogP contribution in [0.4, 0.5) is 5.69 Å². The lowest BCUT2D eigenvalue weighted by Crippen LogP contribution is -1.86. The van der Waals surface area contributed by atoms with Crippen LogP contribution in [0.2, 0.25) is 0 Å². The first-order chi connectivity index (χ1) is 6.74. The van der Waals surface area contributed by atoms with Crippen LogP contribution in [-0.2, 0) is 4.74 Å². The maximum atomic E-state index is 10.3. The van der Waals surface area contributed by atoms with Gasteiger partial charge < -0.3 is 4.74 Å². The van der Waals surface area contributed by atoms with Crippen LogP contribution in [0.25, 0.3) is 6.08 Å². The highest BCUT2D eigenvalue weighted by Crippen LogP contribution is 2.12. The molecule has 0 aromatic heterocycles. The number of benzene rings is 1. The summed E-state index contributed by atoms with van der Waals surface area (Å²) in [6.07, 6.45) is 3.33. The third kappa shape index (κ3) is 2.90. The lowest BCUT2D eigenvalue weighted by atomic mass is 10.2. The van der Waals surface area contributed by atoms with Gasteiger partial charge in [-0.15, -0.1) is 0 Å². The average molecular weight is 193 g/mol. The Bertz CT molecular complexity index is 330. The Kier molecular flexibility index (Phi) is 3.67. The van der Waals surface area contributed by atoms with Gasteiger partial charge in [-0.3, -0.25) is 10.1 Å². The van der Waals surface area contributed by atoms with Gasteiger partial charge >= 0.3 is 0 Å². The standard InChI is InChI=1S/C10H11NO3/c1-2-14-8-7-9-3-5-10(6-4-9)11(12)13/h3-8H,2H2,1H3/b8-7+. The van der Waals surface area contributed by atoms with Crippen molar-refractivity contribution in [2.75, 3.05) is 6.61 Å². The molecule has 0 aliphatic rings. The van der Waals surface area contributed by atoms with Crippen LogP contribution in [0.5, 0.6) is 0 Å². The topological polar surface area (TPSA) is 52.4 Å². The Balaban J connectivity index is 2.68. The minimum absolute atomic E-state index is 0.0959. The number of ether oxygens (including phenoxy) is 1. The van der Waals surface area contributed by atoms with Crippen molar-refractivity contribution in [2.45, 2.75) is 6.92 Å². The van der Waals surface area contributed by atoms with Crippen LogP contribution in [-0.4, -0.2) is 11.5 Å². The van der Waals surface area contributed by atoms with Gasteiger partial charge in [-0.1, -0.05) is 0 Å². The predicted molar refractivity (Wildman–Crippen MR) is 53.8 cm³/mol. The minimum Gasteiger partial charge on any atom is -0.501 e. The van der Waals surface area contributed by atoms with Crippen molar-refractivity contribution in [1.29, 1.82) is 0 Å². The Morgan fingerprint density at radius 1 is 1.43 bits per heavy atom. The Hall–Kier alpha value is -1.84. The molecule has 1 aromatic carbocycles. The van der Waals surface area contributed by atoms with Gasteiger partial charge in [0.15, 0.2) is 0 Å². The van der Waals surface area contributed by atoms with Crippen molar-refractivity contribution in [2.24, 2.45) is 0 Å². The van der Waals surface area contributed by atoms with Crippen molar-refractivity contribution in [3.63, 3.8) is 0 Å². The first-order valence-corrected chi connectivity index (χ1v) is 4.26. The largest absolute Gasteiger partial charge is 0.501 e. The molecule has 0 unspecified atom stereocenters. The number of rotatable bonds is 4. The molecular weight excluding hydrogens is 182 g/mol. The van der Waals surface area contributed by atoms with Gasteiger partial charge in [-0.25, -0.2) is 0 Å². The van der Waals surface area contributed by atoms with E-state index < -0.39 is 4.92 Å². The molecule has 0 radical (unpaired) electrons. The van der Waals surface area contributed by atoms with Gasteiger partial charge in [-0.2, -0.15) is 0 Å². The summed E-state index contributed by atoms with van der Waals surface area (Å²) < 4.78 is 5.00. The molecule has 0 atom stereocenters. The highest BCUT2D eigenvalue weighted by Gasteiger charge is 2.01. The lowest BCUT2D eigenvalue weighted by molar-refractivity contribution is -0.384. The maximum absolute atomic E-state index is 10.3. The molecule has 0 heterocycles. The molecular formula is C10H11NO3. The molecule has 0 spiro atoms. The summed E-state index contributed by atoms with van der Waals surface area (Å²) in [5.41, 5.74) is 0.975. The van der Waals surface area contributed by atoms with Gasteiger partial charge in [0, 0.05) is 12.1 Å². The number of non-ortho nitro benzene ring substituents is 1. The second-order valence-electron chi connectivity index (χ2n) is 2.61. The highest BCUT2D eigenvalue weighted by atomic mass is 16.6. The second kappa shape index (κ2) is 5.01. The van der Waals surface area contributed by atoms with Crippen LogP contribution in [0.3, 0.4) is 0 Å². The molecule has 74 valence electrons. The van der Waals surface area contributed by atoms with Crippen LogP contribution in [0.15, 0.2) is 30.5 Å². The molecule has 0 bridgehead atoms. The Labute approximate surface area is 82.0 Å². The van der Waals surface area contributed by atoms with E-state index in [1.165, 1.54) is 12.1 Å². The monoisotopic (exact) mass is 193 g/mol. The molecule has 1 rings (SSSR count). The van der Waals surface area contributed by atoms with Crippen molar-refractivity contribution >= 4 is 11.8 Å². The van der Waals surface area contributed by atoms with E-state index in [1.807, 2.05) is 6.92 Å². The number of nitrogens with zero attached hydrogens (tertiary/aromatic N) is 1. The minimum atomic E-state index is -0.421. The zero-order valence-electron chi connectivity index (χ0n) is 7.84. The van der Waals surface area contributed by atoms with Crippen LogP contribution >= 0.6 is 0 Å². The third-order valence-corrected chi connectivity index (χ3v) is 1.63. The predicted octanol–water partition coefficient (Wildman–Crippen LogP) is 2.60. The van der Waals surface area contributed by atoms with Crippen molar-refractivity contribution in [1.82, 2.24) is 0 Å². The van der Waals surface area contributed by atoms with E-state index in [-0.39, 0.29) is 5.69 Å². The highest BCUT2D eigenvalue weighted by molar-refractivity contribution is 5.50. The molecule has 4 heteroatoms. The zero-order valence-corrected chi connectivity index (χ0v) is 7.84. The molecule has 4 nitrogen and oxygen atoms in total. The van der Waals surface area contributed by atoms with E-state index in [0.29, 0.717) is 6.61 Å². The number of hydrogen-bond acceptors (Lipinski definition) is 3. The molecule has 0 saturated carbocycles. The molecule has 14 heavy (non-hydrogen) atoms. The summed E-state index contributed by atoms with van der Waals surface area (Å²) >= 11 is 0. The van der Waals surface area contributed by atoms with Crippen LogP contribution in [0, 0.1) is 10.1 Å². The van der Waals surface area contributed by atoms with Crippen molar-refractivity contribution in [3.8, 4) is 0 Å². The Morgan fingerprint density at radius 2 is 2.07 bits per heavy atom. The fraction of sp³-hybridized carbons (Fsp3) is 0.200. The molecule has 0 N–H and O–H groups in total. The fourth-order valence-corrected chi connectivity index (χ4v) is 0.930. The smallest absolute Gasteiger partial charge is 0.269 e. The average Bonchev–Trinajstić information content (AvgIpc) is 2.19. The lowest BCUT2D eigenvalue weighted by Gasteiger charge is -1.94. The fourth-order valence-electron chi connectivity index (χ4n) is 0.930. The summed E-state index contributed by atoms with van der Waals surface area (Å²) in [4.78, 5) is 9.91. The summed E-state index contributed by atoms with van der Waals surface area (Å²) in [7, 11) is 0. The van der Waals surface area contributed by atoms with Gasteiger partial charge in [0.2, 0.25) is 0 Å². The maximum Gasteiger partial charge on any atom is 0.269 e. The van der Waals surface area contributed by atoms with E-state index >= 15 is 0 Å². The van der Waals surface area contributed by atoms with Gasteiger partial charge in [0.1, 0.15) is 0 Å². The van der Waals surface area contributed by atoms with E-state index in [2.05, 4.69) is 0 Å². The van der Waals surface area contributed by atoms with Crippen molar-refractivity contribution in [3.05, 3.63) is 46.2 Å². The number of nitro groups is 1. The molecule has 0 fully saturated rings. The zero-order chi connectivity index (χ0) is 10.4. The first kappa shape index (κ1) is 10.2. The Morgan fingerprint density at radius 3 is 2.57 bits per heavy atom. The summed E-state index contributed by atoms with van der Waals surface area (Å²) in [5.74, 6) is 0. The molecule has 1 aromatic rings. The molecule has 0 aliphatic carbocycles. The van der Waals surface area contributed by atoms with Crippen LogP contribution < -0.4 is 0 Å². The normalized spacial score (nSPS) is 10.4. The van der Waals surface area contributed by atoms with Crippen LogP contribution in [0.1, 0.15) is 12.5 Å². The van der Waals surface area contributed by atoms with E-state index in [9.17, 15) is 10.1 Å². The quantitative estimate of drug-likeness (QED) is 0.419. The second-order valence-corrected chi connectivity index (χ2v) is 2.61. The van der Waals surface area contributed by atoms with Gasteiger partial charge in [-0.05, 0) is 30.7 Å². The van der Waals surface area contributed by atoms with E-state index in [1.54, 1.807) is 24.5 Å². The van der Waals surface area contributed by atoms with Gasteiger partial charge in [0.05, 0.1) is 17.8 Å². The van der Waals surface area contributed by atoms with Gasteiger partial charge in [0.25, 0.3) is 5.69 Å². The SMILES string of the molecule is CCO/C=C/c1ccc([N+](=O)[O-])cc1. The first-order valence-electron chi connectivity index (χ1n) is 4.26. The summed E-state index contributed by atoms with van der Waals surface area (Å²) in [5, 5.41) is 10.3. The third-order valence-electron chi connectivity index (χ3n) is 1.63. The molecule has 0 amide bonds.